The summed E-state index contributed by atoms with van der Waals surface area (Å²) in [4.78, 5) is 45.7. The molecule has 3 aromatic rings. The number of urea groups is 1. The first kappa shape index (κ1) is 28.6. The minimum atomic E-state index is -0.393. The summed E-state index contributed by atoms with van der Waals surface area (Å²) in [7, 11) is 1.66. The molecule has 0 bridgehead atoms. The third-order valence-electron chi connectivity index (χ3n) is 7.72. The Balaban J connectivity index is 1.20. The number of amides is 3. The van der Waals surface area contributed by atoms with Gasteiger partial charge in [0.05, 0.1) is 31.9 Å². The van der Waals surface area contributed by atoms with Crippen molar-refractivity contribution in [3.63, 3.8) is 0 Å². The zero-order chi connectivity index (χ0) is 28.9. The lowest BCUT2D eigenvalue weighted by molar-refractivity contribution is -0.135. The highest BCUT2D eigenvalue weighted by atomic mass is 32.1. The summed E-state index contributed by atoms with van der Waals surface area (Å²) in [6, 6.07) is 16.6. The van der Waals surface area contributed by atoms with Crippen LogP contribution < -0.4 is 10.1 Å². The van der Waals surface area contributed by atoms with Crippen molar-refractivity contribution < 1.29 is 23.9 Å². The molecule has 0 radical (unpaired) electrons. The first-order valence-corrected chi connectivity index (χ1v) is 14.8. The van der Waals surface area contributed by atoms with Gasteiger partial charge in [-0.15, -0.1) is 11.3 Å². The van der Waals surface area contributed by atoms with Crippen LogP contribution in [0, 0.1) is 0 Å². The van der Waals surface area contributed by atoms with Gasteiger partial charge >= 0.3 is 12.0 Å². The van der Waals surface area contributed by atoms with Crippen molar-refractivity contribution in [3.8, 4) is 5.75 Å². The third kappa shape index (κ3) is 6.39. The van der Waals surface area contributed by atoms with Crippen LogP contribution >= 0.6 is 11.3 Å². The van der Waals surface area contributed by atoms with Crippen molar-refractivity contribution in [3.05, 3.63) is 81.5 Å². The summed E-state index contributed by atoms with van der Waals surface area (Å²) in [5.41, 5.74) is 3.44. The Morgan fingerprint density at radius 3 is 2.44 bits per heavy atom. The van der Waals surface area contributed by atoms with Crippen LogP contribution in [0.1, 0.15) is 46.3 Å². The van der Waals surface area contributed by atoms with Crippen LogP contribution in [-0.4, -0.2) is 85.1 Å². The fourth-order valence-electron chi connectivity index (χ4n) is 5.57. The summed E-state index contributed by atoms with van der Waals surface area (Å²) in [5.74, 6) is 0.487. The van der Waals surface area contributed by atoms with Crippen molar-refractivity contribution in [2.24, 2.45) is 0 Å². The van der Waals surface area contributed by atoms with E-state index < -0.39 is 5.97 Å². The first-order valence-electron chi connectivity index (χ1n) is 13.9. The Morgan fingerprint density at radius 1 is 1.00 bits per heavy atom. The van der Waals surface area contributed by atoms with Crippen molar-refractivity contribution in [1.29, 1.82) is 0 Å². The smallest absolute Gasteiger partial charge is 0.338 e. The number of piperazine rings is 1. The van der Waals surface area contributed by atoms with Gasteiger partial charge in [-0.05, 0) is 79.2 Å². The molecule has 1 saturated heterocycles. The average Bonchev–Trinajstić information content (AvgIpc) is 3.46. The average molecular weight is 577 g/mol. The maximum Gasteiger partial charge on any atom is 0.338 e. The molecule has 0 spiro atoms. The fraction of sp³-hybridized carbons (Fsp3) is 0.387. The summed E-state index contributed by atoms with van der Waals surface area (Å²) in [6.07, 6.45) is 0.929. The van der Waals surface area contributed by atoms with E-state index in [1.54, 1.807) is 54.5 Å². The number of hydrogen-bond donors (Lipinski definition) is 1. The molecule has 9 nitrogen and oxygen atoms in total. The fourth-order valence-corrected chi connectivity index (χ4v) is 6.48. The van der Waals surface area contributed by atoms with Crippen LogP contribution in [-0.2, 0) is 16.0 Å². The van der Waals surface area contributed by atoms with E-state index in [0.29, 0.717) is 44.0 Å². The largest absolute Gasteiger partial charge is 0.497 e. The van der Waals surface area contributed by atoms with Gasteiger partial charge in [0.25, 0.3) is 0 Å². The molecule has 2 aliphatic heterocycles. The topological polar surface area (TPSA) is 91.4 Å². The number of nitrogens with zero attached hydrogens (tertiary/aromatic N) is 3. The first-order chi connectivity index (χ1) is 19.9. The minimum absolute atomic E-state index is 0.0135. The Hall–Kier alpha value is -3.89. The lowest BCUT2D eigenvalue weighted by atomic mass is 9.93. The number of anilines is 1. The lowest BCUT2D eigenvalue weighted by Crippen LogP contribution is -2.58. The van der Waals surface area contributed by atoms with E-state index in [4.69, 9.17) is 9.47 Å². The molecule has 2 aromatic carbocycles. The number of benzene rings is 2. The second-order valence-electron chi connectivity index (χ2n) is 10.3. The number of rotatable bonds is 7. The highest BCUT2D eigenvalue weighted by molar-refractivity contribution is 7.10. The Bertz CT molecular complexity index is 1370. The number of carbonyl (C=O) groups is 3. The van der Waals surface area contributed by atoms with E-state index in [9.17, 15) is 14.4 Å². The van der Waals surface area contributed by atoms with Crippen molar-refractivity contribution in [1.82, 2.24) is 14.7 Å². The molecule has 2 aliphatic rings. The number of fused-ring (bicyclic) bond motifs is 1. The molecule has 0 saturated carbocycles. The normalized spacial score (nSPS) is 18.9. The number of methoxy groups -OCH3 is 1. The van der Waals surface area contributed by atoms with Crippen LogP contribution in [0.4, 0.5) is 10.5 Å². The van der Waals surface area contributed by atoms with E-state index in [1.165, 1.54) is 10.4 Å². The predicted molar refractivity (Wildman–Crippen MR) is 159 cm³/mol. The van der Waals surface area contributed by atoms with E-state index in [1.807, 2.05) is 24.0 Å². The lowest BCUT2D eigenvalue weighted by Gasteiger charge is -2.41. The van der Waals surface area contributed by atoms with Gasteiger partial charge in [-0.25, -0.2) is 9.59 Å². The second-order valence-corrected chi connectivity index (χ2v) is 11.3. The summed E-state index contributed by atoms with van der Waals surface area (Å²) in [5, 5.41) is 5.04. The minimum Gasteiger partial charge on any atom is -0.497 e. The van der Waals surface area contributed by atoms with Crippen molar-refractivity contribution >= 4 is 34.9 Å². The maximum atomic E-state index is 13.6. The molecule has 2 unspecified atom stereocenters. The molecule has 3 amide bonds. The molecule has 1 aromatic heterocycles. The van der Waals surface area contributed by atoms with E-state index >= 15 is 0 Å². The SMILES string of the molecule is CCOC(=O)c1ccc(NC(=O)N2CCN(C(=O)CN3CCc4sccc4C3c3ccc(OC)cc3)CC2C)cc1. The monoisotopic (exact) mass is 576 g/mol. The molecule has 2 atom stereocenters. The van der Waals surface area contributed by atoms with Gasteiger partial charge in [-0.3, -0.25) is 9.69 Å². The Labute approximate surface area is 244 Å². The van der Waals surface area contributed by atoms with Crippen LogP contribution in [0.25, 0.3) is 0 Å². The van der Waals surface area contributed by atoms with E-state index in [2.05, 4.69) is 33.8 Å². The van der Waals surface area contributed by atoms with Crippen molar-refractivity contribution in [2.75, 3.05) is 51.8 Å². The number of thiophene rings is 1. The maximum absolute atomic E-state index is 13.6. The number of ether oxygens (including phenoxy) is 2. The summed E-state index contributed by atoms with van der Waals surface area (Å²) >= 11 is 1.78. The van der Waals surface area contributed by atoms with Gasteiger partial charge in [0.15, 0.2) is 0 Å². The van der Waals surface area contributed by atoms with Gasteiger partial charge in [-0.1, -0.05) is 12.1 Å². The number of esters is 1. The predicted octanol–water partition coefficient (Wildman–Crippen LogP) is 4.65. The molecule has 10 heteroatoms. The molecular weight excluding hydrogens is 540 g/mol. The van der Waals surface area contributed by atoms with Gasteiger partial charge in [-0.2, -0.15) is 0 Å². The molecule has 1 N–H and O–H groups in total. The van der Waals surface area contributed by atoms with Crippen LogP contribution in [0.15, 0.2) is 60.0 Å². The van der Waals surface area contributed by atoms with Gasteiger partial charge in [0.1, 0.15) is 5.75 Å². The van der Waals surface area contributed by atoms with Gasteiger partial charge in [0.2, 0.25) is 5.91 Å². The zero-order valence-corrected chi connectivity index (χ0v) is 24.5. The number of carbonyl (C=O) groups excluding carboxylic acids is 3. The van der Waals surface area contributed by atoms with Crippen LogP contribution in [0.3, 0.4) is 0 Å². The Kier molecular flexibility index (Phi) is 8.90. The molecule has 1 fully saturated rings. The molecule has 5 rings (SSSR count). The molecule has 41 heavy (non-hydrogen) atoms. The molecule has 3 heterocycles. The number of hydrogen-bond acceptors (Lipinski definition) is 7. The third-order valence-corrected chi connectivity index (χ3v) is 8.72. The standard InChI is InChI=1S/C31H36N4O5S/c1-4-40-30(37)23-5-9-24(10-6-23)32-31(38)35-17-16-33(19-21(35)2)28(36)20-34-15-13-27-26(14-18-41-27)29(34)22-7-11-25(39-3)12-8-22/h5-12,14,18,21,29H,4,13,15-17,19-20H2,1-3H3,(H,32,38). The Morgan fingerprint density at radius 2 is 1.76 bits per heavy atom. The summed E-state index contributed by atoms with van der Waals surface area (Å²) in [6.45, 7) is 6.54. The van der Waals surface area contributed by atoms with E-state index in [-0.39, 0.29) is 24.0 Å². The second kappa shape index (κ2) is 12.7. The van der Waals surface area contributed by atoms with Crippen LogP contribution in [0.2, 0.25) is 0 Å². The molecule has 216 valence electrons. The van der Waals surface area contributed by atoms with Crippen molar-refractivity contribution in [2.45, 2.75) is 32.4 Å². The molecule has 0 aliphatic carbocycles. The van der Waals surface area contributed by atoms with Crippen LogP contribution in [0.5, 0.6) is 5.75 Å². The van der Waals surface area contributed by atoms with Gasteiger partial charge in [0, 0.05) is 42.8 Å². The highest BCUT2D eigenvalue weighted by Gasteiger charge is 2.34. The quantitative estimate of drug-likeness (QED) is 0.412. The summed E-state index contributed by atoms with van der Waals surface area (Å²) < 4.78 is 10.4. The molecular formula is C31H36N4O5S. The highest BCUT2D eigenvalue weighted by Crippen LogP contribution is 2.38. The van der Waals surface area contributed by atoms with E-state index in [0.717, 1.165) is 24.3 Å². The number of nitrogens with one attached hydrogen (secondary N) is 1. The zero-order valence-electron chi connectivity index (χ0n) is 23.7. The van der Waals surface area contributed by atoms with Gasteiger partial charge < -0.3 is 24.6 Å².